The Balaban J connectivity index is 1.54. The Bertz CT molecular complexity index is 886. The van der Waals surface area contributed by atoms with Gasteiger partial charge in [-0.2, -0.15) is 5.10 Å². The smallest absolute Gasteiger partial charge is 0.127 e. The molecule has 1 aromatic heterocycles. The Morgan fingerprint density at radius 2 is 2.08 bits per heavy atom. The highest BCUT2D eigenvalue weighted by Gasteiger charge is 2.25. The van der Waals surface area contributed by atoms with E-state index in [1.165, 1.54) is 22.4 Å². The molecule has 0 bridgehead atoms. The molecule has 3 nitrogen and oxygen atoms in total. The Hall–Kier alpha value is -2.46. The molecule has 1 aliphatic heterocycles. The number of nitrogens with zero attached hydrogens (tertiary/aromatic N) is 2. The fourth-order valence-corrected chi connectivity index (χ4v) is 3.95. The van der Waals surface area contributed by atoms with Gasteiger partial charge in [-0.1, -0.05) is 48.0 Å². The summed E-state index contributed by atoms with van der Waals surface area (Å²) in [5.41, 5.74) is 5.62. The Morgan fingerprint density at radius 1 is 1.19 bits per heavy atom. The van der Waals surface area contributed by atoms with Gasteiger partial charge in [0.05, 0.1) is 6.20 Å². The second kappa shape index (κ2) is 7.42. The van der Waals surface area contributed by atoms with Gasteiger partial charge in [-0.05, 0) is 37.9 Å². The molecule has 0 amide bonds. The summed E-state index contributed by atoms with van der Waals surface area (Å²) in [5, 5.41) is 7.56. The Kier molecular flexibility index (Phi) is 4.85. The number of aryl methyl sites for hydroxylation is 1. The molecule has 0 saturated carbocycles. The lowest BCUT2D eigenvalue weighted by Gasteiger charge is -2.32. The summed E-state index contributed by atoms with van der Waals surface area (Å²) in [6.45, 7) is 4.71. The van der Waals surface area contributed by atoms with Gasteiger partial charge in [0.2, 0.25) is 0 Å². The summed E-state index contributed by atoms with van der Waals surface area (Å²) in [6.07, 6.45) is 4.18. The number of aromatic amines is 1. The molecule has 0 spiro atoms. The molecule has 1 aliphatic rings. The van der Waals surface area contributed by atoms with Crippen LogP contribution in [0.15, 0.2) is 54.7 Å². The van der Waals surface area contributed by atoms with Crippen molar-refractivity contribution >= 4 is 0 Å². The van der Waals surface area contributed by atoms with E-state index in [4.69, 9.17) is 0 Å². The second-order valence-electron chi connectivity index (χ2n) is 7.23. The quantitative estimate of drug-likeness (QED) is 0.726. The van der Waals surface area contributed by atoms with Crippen molar-refractivity contribution in [2.75, 3.05) is 13.1 Å². The number of benzene rings is 2. The number of likely N-dealkylation sites (tertiary alicyclic amines) is 1. The van der Waals surface area contributed by atoms with Crippen LogP contribution in [-0.2, 0) is 6.54 Å². The molecular formula is C22H24FN3. The van der Waals surface area contributed by atoms with Crippen LogP contribution >= 0.6 is 0 Å². The normalized spacial score (nSPS) is 18.2. The number of hydrogen-bond acceptors (Lipinski definition) is 2. The van der Waals surface area contributed by atoms with Crippen molar-refractivity contribution < 1.29 is 4.39 Å². The fourth-order valence-electron chi connectivity index (χ4n) is 3.95. The molecule has 4 rings (SSSR count). The van der Waals surface area contributed by atoms with Crippen LogP contribution in [-0.4, -0.2) is 28.2 Å². The monoisotopic (exact) mass is 349 g/mol. The van der Waals surface area contributed by atoms with Crippen molar-refractivity contribution in [3.8, 4) is 11.1 Å². The number of rotatable bonds is 4. The van der Waals surface area contributed by atoms with E-state index in [2.05, 4.69) is 46.3 Å². The molecule has 1 atom stereocenters. The molecule has 1 saturated heterocycles. The van der Waals surface area contributed by atoms with E-state index in [0.717, 1.165) is 31.5 Å². The van der Waals surface area contributed by atoms with Crippen LogP contribution in [0.5, 0.6) is 0 Å². The maximum atomic E-state index is 14.0. The number of halogens is 1. The summed E-state index contributed by atoms with van der Waals surface area (Å²) in [4.78, 5) is 2.35. The van der Waals surface area contributed by atoms with Crippen LogP contribution in [0.3, 0.4) is 0 Å². The van der Waals surface area contributed by atoms with Gasteiger partial charge in [0.1, 0.15) is 5.82 Å². The van der Waals surface area contributed by atoms with Crippen LogP contribution in [0, 0.1) is 12.7 Å². The first-order valence-electron chi connectivity index (χ1n) is 9.27. The molecule has 2 aromatic carbocycles. The molecule has 26 heavy (non-hydrogen) atoms. The summed E-state index contributed by atoms with van der Waals surface area (Å²) in [7, 11) is 0. The first kappa shape index (κ1) is 17.0. The molecule has 134 valence electrons. The van der Waals surface area contributed by atoms with Gasteiger partial charge in [0, 0.05) is 35.8 Å². The molecule has 0 radical (unpaired) electrons. The molecule has 0 unspecified atom stereocenters. The van der Waals surface area contributed by atoms with Crippen LogP contribution in [0.2, 0.25) is 0 Å². The zero-order chi connectivity index (χ0) is 17.9. The Morgan fingerprint density at radius 3 is 2.92 bits per heavy atom. The standard InChI is InChI=1S/C22H24FN3/c1-16-6-4-8-17(12-16)20-13-24-25-22(20)19-9-5-11-26(15-19)14-18-7-2-3-10-21(18)23/h2-4,6-8,10,12-13,19H,5,9,11,14-15H2,1H3,(H,24,25)/t19-/m1/s1. The minimum Gasteiger partial charge on any atom is -0.298 e. The van der Waals surface area contributed by atoms with Gasteiger partial charge < -0.3 is 0 Å². The third-order valence-electron chi connectivity index (χ3n) is 5.26. The van der Waals surface area contributed by atoms with E-state index in [1.807, 2.05) is 18.3 Å². The van der Waals surface area contributed by atoms with Gasteiger partial charge in [-0.25, -0.2) is 4.39 Å². The van der Waals surface area contributed by atoms with Gasteiger partial charge in [0.15, 0.2) is 0 Å². The first-order chi connectivity index (χ1) is 12.7. The highest BCUT2D eigenvalue weighted by Crippen LogP contribution is 2.33. The summed E-state index contributed by atoms with van der Waals surface area (Å²) >= 11 is 0. The lowest BCUT2D eigenvalue weighted by Crippen LogP contribution is -2.34. The van der Waals surface area contributed by atoms with Crippen molar-refractivity contribution in [3.63, 3.8) is 0 Å². The van der Waals surface area contributed by atoms with E-state index in [0.29, 0.717) is 12.5 Å². The topological polar surface area (TPSA) is 31.9 Å². The van der Waals surface area contributed by atoms with E-state index >= 15 is 0 Å². The van der Waals surface area contributed by atoms with Crippen LogP contribution in [0.25, 0.3) is 11.1 Å². The van der Waals surface area contributed by atoms with Crippen molar-refractivity contribution in [1.82, 2.24) is 15.1 Å². The molecule has 4 heteroatoms. The summed E-state index contributed by atoms with van der Waals surface area (Å²) < 4.78 is 14.0. The summed E-state index contributed by atoms with van der Waals surface area (Å²) in [5.74, 6) is 0.283. The zero-order valence-electron chi connectivity index (χ0n) is 15.1. The molecular weight excluding hydrogens is 325 g/mol. The van der Waals surface area contributed by atoms with Crippen molar-refractivity contribution in [3.05, 3.63) is 77.4 Å². The summed E-state index contributed by atoms with van der Waals surface area (Å²) in [6, 6.07) is 15.6. The minimum absolute atomic E-state index is 0.114. The van der Waals surface area contributed by atoms with Crippen molar-refractivity contribution in [1.29, 1.82) is 0 Å². The van der Waals surface area contributed by atoms with Gasteiger partial charge in [-0.3, -0.25) is 10.00 Å². The Labute approximate surface area is 153 Å². The maximum absolute atomic E-state index is 14.0. The fraction of sp³-hybridized carbons (Fsp3) is 0.318. The second-order valence-corrected chi connectivity index (χ2v) is 7.23. The van der Waals surface area contributed by atoms with Gasteiger partial charge >= 0.3 is 0 Å². The number of piperidine rings is 1. The van der Waals surface area contributed by atoms with Crippen LogP contribution < -0.4 is 0 Å². The number of hydrogen-bond donors (Lipinski definition) is 1. The third-order valence-corrected chi connectivity index (χ3v) is 5.26. The average Bonchev–Trinajstić information content (AvgIpc) is 3.14. The molecule has 3 aromatic rings. The molecule has 1 N–H and O–H groups in total. The van der Waals surface area contributed by atoms with Crippen LogP contribution in [0.1, 0.15) is 35.6 Å². The zero-order valence-corrected chi connectivity index (χ0v) is 15.1. The average molecular weight is 349 g/mol. The number of aromatic nitrogens is 2. The highest BCUT2D eigenvalue weighted by molar-refractivity contribution is 5.66. The largest absolute Gasteiger partial charge is 0.298 e. The first-order valence-corrected chi connectivity index (χ1v) is 9.27. The van der Waals surface area contributed by atoms with Gasteiger partial charge in [-0.15, -0.1) is 0 Å². The maximum Gasteiger partial charge on any atom is 0.127 e. The number of nitrogens with one attached hydrogen (secondary N) is 1. The van der Waals surface area contributed by atoms with Crippen LogP contribution in [0.4, 0.5) is 4.39 Å². The highest BCUT2D eigenvalue weighted by atomic mass is 19.1. The van der Waals surface area contributed by atoms with E-state index in [9.17, 15) is 4.39 Å². The van der Waals surface area contributed by atoms with E-state index in [1.54, 1.807) is 12.1 Å². The van der Waals surface area contributed by atoms with Crippen molar-refractivity contribution in [2.45, 2.75) is 32.2 Å². The van der Waals surface area contributed by atoms with Gasteiger partial charge in [0.25, 0.3) is 0 Å². The predicted octanol–water partition coefficient (Wildman–Crippen LogP) is 4.90. The number of H-pyrrole nitrogens is 1. The third kappa shape index (κ3) is 3.56. The van der Waals surface area contributed by atoms with E-state index < -0.39 is 0 Å². The molecule has 1 fully saturated rings. The lowest BCUT2D eigenvalue weighted by atomic mass is 9.90. The molecule has 2 heterocycles. The predicted molar refractivity (Wildman–Crippen MR) is 102 cm³/mol. The molecule has 0 aliphatic carbocycles. The minimum atomic E-state index is -0.114. The van der Waals surface area contributed by atoms with Crippen molar-refractivity contribution in [2.24, 2.45) is 0 Å². The van der Waals surface area contributed by atoms with E-state index in [-0.39, 0.29) is 5.82 Å². The lowest BCUT2D eigenvalue weighted by molar-refractivity contribution is 0.196. The SMILES string of the molecule is Cc1cccc(-c2cn[nH]c2[C@@H]2CCCN(Cc3ccccc3F)C2)c1.